The first-order chi connectivity index (χ1) is 13.6. The van der Waals surface area contributed by atoms with Crippen LogP contribution in [0.5, 0.6) is 5.75 Å². The molecule has 0 fully saturated rings. The fourth-order valence-electron chi connectivity index (χ4n) is 3.34. The van der Waals surface area contributed by atoms with Gasteiger partial charge in [0.2, 0.25) is 0 Å². The minimum absolute atomic E-state index is 0.625. The number of H-pyrrole nitrogens is 1. The minimum atomic E-state index is -0.872. The summed E-state index contributed by atoms with van der Waals surface area (Å²) in [7, 11) is 1.60. The molecule has 2 heterocycles. The van der Waals surface area contributed by atoms with Gasteiger partial charge in [0, 0.05) is 22.9 Å². The molecule has 6 heteroatoms. The van der Waals surface area contributed by atoms with Gasteiger partial charge in [-0.15, -0.1) is 0 Å². The van der Waals surface area contributed by atoms with Crippen LogP contribution in [0.3, 0.4) is 0 Å². The second-order valence-corrected chi connectivity index (χ2v) is 6.53. The van der Waals surface area contributed by atoms with Crippen LogP contribution in [0.2, 0.25) is 0 Å². The molecule has 2 aromatic heterocycles. The van der Waals surface area contributed by atoms with Gasteiger partial charge in [-0.05, 0) is 24.6 Å². The fourth-order valence-corrected chi connectivity index (χ4v) is 3.34. The molecule has 1 unspecified atom stereocenters. The number of aromatic amines is 1. The predicted octanol–water partition coefficient (Wildman–Crippen LogP) is 4.49. The van der Waals surface area contributed by atoms with E-state index in [0.29, 0.717) is 17.0 Å². The van der Waals surface area contributed by atoms with Crippen LogP contribution in [0.4, 0.5) is 0 Å². The number of carboxylic acid groups (broad SMARTS) is 1. The van der Waals surface area contributed by atoms with Crippen molar-refractivity contribution < 1.29 is 14.6 Å². The van der Waals surface area contributed by atoms with Crippen molar-refractivity contribution in [2.24, 2.45) is 0 Å². The zero-order valence-electron chi connectivity index (χ0n) is 15.5. The van der Waals surface area contributed by atoms with Crippen molar-refractivity contribution in [3.8, 4) is 28.1 Å². The van der Waals surface area contributed by atoms with Crippen molar-refractivity contribution >= 4 is 17.0 Å². The largest absolute Gasteiger partial charge is 0.496 e. The maximum absolute atomic E-state index is 11.4. The molecule has 0 saturated heterocycles. The van der Waals surface area contributed by atoms with Crippen LogP contribution in [0.25, 0.3) is 33.4 Å². The topological polar surface area (TPSA) is 88.1 Å². The maximum atomic E-state index is 11.4. The minimum Gasteiger partial charge on any atom is -0.496 e. The molecule has 4 rings (SSSR count). The Labute approximate surface area is 161 Å². The van der Waals surface area contributed by atoms with E-state index in [9.17, 15) is 9.90 Å². The molecule has 0 bridgehead atoms. The van der Waals surface area contributed by atoms with Gasteiger partial charge in [0.1, 0.15) is 17.7 Å². The first-order valence-corrected chi connectivity index (χ1v) is 8.88. The van der Waals surface area contributed by atoms with Crippen LogP contribution in [-0.4, -0.2) is 33.1 Å². The highest BCUT2D eigenvalue weighted by molar-refractivity contribution is 6.03. The van der Waals surface area contributed by atoms with Gasteiger partial charge in [0.15, 0.2) is 0 Å². The lowest BCUT2D eigenvalue weighted by atomic mass is 9.94. The summed E-state index contributed by atoms with van der Waals surface area (Å²) in [6.45, 7) is 1.67. The van der Waals surface area contributed by atoms with Gasteiger partial charge in [0.25, 0.3) is 0 Å². The van der Waals surface area contributed by atoms with Gasteiger partial charge in [-0.25, -0.2) is 9.97 Å². The molecule has 0 spiro atoms. The number of methoxy groups -OCH3 is 1. The zero-order valence-corrected chi connectivity index (χ0v) is 15.5. The molecule has 28 heavy (non-hydrogen) atoms. The first-order valence-electron chi connectivity index (χ1n) is 8.88. The van der Waals surface area contributed by atoms with Gasteiger partial charge >= 0.3 is 5.97 Å². The normalized spacial score (nSPS) is 12.1. The predicted molar refractivity (Wildman–Crippen MR) is 107 cm³/mol. The van der Waals surface area contributed by atoms with Crippen LogP contribution in [0.15, 0.2) is 61.1 Å². The Balaban J connectivity index is 1.98. The number of nitrogens with zero attached hydrogens (tertiary/aromatic N) is 2. The molecule has 4 aromatic rings. The average molecular weight is 373 g/mol. The van der Waals surface area contributed by atoms with E-state index in [1.54, 1.807) is 26.2 Å². The van der Waals surface area contributed by atoms with Gasteiger partial charge in [-0.3, -0.25) is 4.79 Å². The molecule has 2 N–H and O–H groups in total. The lowest BCUT2D eigenvalue weighted by Gasteiger charge is -2.13. The highest BCUT2D eigenvalue weighted by atomic mass is 16.5. The van der Waals surface area contributed by atoms with Crippen molar-refractivity contribution in [3.05, 3.63) is 66.6 Å². The lowest BCUT2D eigenvalue weighted by molar-refractivity contribution is -0.138. The number of carbonyl (C=O) groups is 1. The van der Waals surface area contributed by atoms with Crippen LogP contribution in [0, 0.1) is 0 Å². The summed E-state index contributed by atoms with van der Waals surface area (Å²) < 4.78 is 5.56. The third-order valence-electron chi connectivity index (χ3n) is 4.90. The van der Waals surface area contributed by atoms with Crippen LogP contribution in [0.1, 0.15) is 18.4 Å². The number of hydrogen-bond acceptors (Lipinski definition) is 4. The highest BCUT2D eigenvalue weighted by Gasteiger charge is 2.20. The van der Waals surface area contributed by atoms with E-state index < -0.39 is 11.9 Å². The van der Waals surface area contributed by atoms with Crippen molar-refractivity contribution in [2.75, 3.05) is 7.11 Å². The molecule has 1 atom stereocenters. The standard InChI is InChI=1S/C22H19N3O3/c1-13(22(26)27)15-8-9-18(28-2)16(10-15)17-11-23-21-19(17)20(24-12-25-21)14-6-4-3-5-7-14/h3-13H,1-2H3,(H,26,27)(H,23,24,25). The van der Waals surface area contributed by atoms with Gasteiger partial charge in [-0.2, -0.15) is 0 Å². The molecular weight excluding hydrogens is 354 g/mol. The number of hydrogen-bond donors (Lipinski definition) is 2. The third kappa shape index (κ3) is 2.99. The quantitative estimate of drug-likeness (QED) is 0.538. The molecule has 0 aliphatic carbocycles. The maximum Gasteiger partial charge on any atom is 0.310 e. The summed E-state index contributed by atoms with van der Waals surface area (Å²) in [5, 5.41) is 10.3. The van der Waals surface area contributed by atoms with Crippen molar-refractivity contribution in [3.63, 3.8) is 0 Å². The fraction of sp³-hybridized carbons (Fsp3) is 0.136. The Bertz CT molecular complexity index is 1150. The van der Waals surface area contributed by atoms with Crippen LogP contribution < -0.4 is 4.74 Å². The summed E-state index contributed by atoms with van der Waals surface area (Å²) >= 11 is 0. The number of aliphatic carboxylic acids is 1. The number of aromatic nitrogens is 3. The number of benzene rings is 2. The molecule has 140 valence electrons. The summed E-state index contributed by atoms with van der Waals surface area (Å²) in [6, 6.07) is 15.3. The summed E-state index contributed by atoms with van der Waals surface area (Å²) in [5.41, 5.74) is 4.86. The van der Waals surface area contributed by atoms with Crippen molar-refractivity contribution in [1.82, 2.24) is 15.0 Å². The molecule has 6 nitrogen and oxygen atoms in total. The molecule has 0 aliphatic heterocycles. The monoisotopic (exact) mass is 373 g/mol. The van der Waals surface area contributed by atoms with E-state index in [2.05, 4.69) is 15.0 Å². The molecule has 0 amide bonds. The third-order valence-corrected chi connectivity index (χ3v) is 4.90. The second kappa shape index (κ2) is 7.15. The molecule has 0 aliphatic rings. The van der Waals surface area contributed by atoms with E-state index >= 15 is 0 Å². The Morgan fingerprint density at radius 2 is 1.89 bits per heavy atom. The van der Waals surface area contributed by atoms with Crippen molar-refractivity contribution in [1.29, 1.82) is 0 Å². The van der Waals surface area contributed by atoms with E-state index in [4.69, 9.17) is 4.74 Å². The lowest BCUT2D eigenvalue weighted by Crippen LogP contribution is -2.07. The van der Waals surface area contributed by atoms with Gasteiger partial charge < -0.3 is 14.8 Å². The Morgan fingerprint density at radius 1 is 1.11 bits per heavy atom. The Hall–Kier alpha value is -3.67. The SMILES string of the molecule is COc1ccc(C(C)C(=O)O)cc1-c1c[nH]c2ncnc(-c3ccccc3)c12. The van der Waals surface area contributed by atoms with E-state index in [1.807, 2.05) is 42.6 Å². The van der Waals surface area contributed by atoms with Gasteiger partial charge in [0.05, 0.1) is 24.1 Å². The highest BCUT2D eigenvalue weighted by Crippen LogP contribution is 2.39. The second-order valence-electron chi connectivity index (χ2n) is 6.53. The Morgan fingerprint density at radius 3 is 2.61 bits per heavy atom. The van der Waals surface area contributed by atoms with E-state index in [0.717, 1.165) is 27.8 Å². The van der Waals surface area contributed by atoms with E-state index in [-0.39, 0.29) is 0 Å². The average Bonchev–Trinajstić information content (AvgIpc) is 3.17. The first kappa shape index (κ1) is 17.7. The number of ether oxygens (including phenoxy) is 1. The molecule has 0 radical (unpaired) electrons. The summed E-state index contributed by atoms with van der Waals surface area (Å²) in [4.78, 5) is 23.5. The molecule has 0 saturated carbocycles. The molecule has 2 aromatic carbocycles. The smallest absolute Gasteiger partial charge is 0.310 e. The summed E-state index contributed by atoms with van der Waals surface area (Å²) in [6.07, 6.45) is 3.39. The number of fused-ring (bicyclic) bond motifs is 1. The number of rotatable bonds is 5. The molecular formula is C22H19N3O3. The van der Waals surface area contributed by atoms with E-state index in [1.165, 1.54) is 6.33 Å². The van der Waals surface area contributed by atoms with Crippen LogP contribution >= 0.6 is 0 Å². The number of nitrogens with one attached hydrogen (secondary N) is 1. The van der Waals surface area contributed by atoms with Crippen LogP contribution in [-0.2, 0) is 4.79 Å². The zero-order chi connectivity index (χ0) is 19.7. The number of carboxylic acids is 1. The summed E-state index contributed by atoms with van der Waals surface area (Å²) in [5.74, 6) is -0.840. The Kier molecular flexibility index (Phi) is 4.53. The van der Waals surface area contributed by atoms with Gasteiger partial charge in [-0.1, -0.05) is 36.4 Å². The van der Waals surface area contributed by atoms with Crippen molar-refractivity contribution in [2.45, 2.75) is 12.8 Å².